The van der Waals surface area contributed by atoms with Crippen molar-refractivity contribution in [2.45, 2.75) is 24.6 Å². The average Bonchev–Trinajstić information content (AvgIpc) is 2.83. The lowest BCUT2D eigenvalue weighted by atomic mass is 10.3. The van der Waals surface area contributed by atoms with E-state index >= 15 is 0 Å². The van der Waals surface area contributed by atoms with Gasteiger partial charge in [0, 0.05) is 16.8 Å². The number of carbonyl (C=O) groups excluding carboxylic acids is 1. The fraction of sp³-hybridized carbons (Fsp3) is 0.250. The number of nitrogens with one attached hydrogen (secondary N) is 1. The summed E-state index contributed by atoms with van der Waals surface area (Å²) < 4.78 is 0. The molecule has 0 radical (unpaired) electrons. The molecule has 0 unspecified atom stereocenters. The average molecular weight is 294 g/mol. The summed E-state index contributed by atoms with van der Waals surface area (Å²) in [4.78, 5) is 19.9. The van der Waals surface area contributed by atoms with Gasteiger partial charge in [-0.25, -0.2) is 15.8 Å². The highest BCUT2D eigenvalue weighted by atomic mass is 32.2. The van der Waals surface area contributed by atoms with Crippen molar-refractivity contribution in [3.8, 4) is 0 Å². The summed E-state index contributed by atoms with van der Waals surface area (Å²) in [6.45, 7) is 4.02. The third kappa shape index (κ3) is 3.76. The number of hydrogen-bond donors (Lipinski definition) is 2. The lowest BCUT2D eigenvalue weighted by Crippen LogP contribution is -2.29. The molecule has 19 heavy (non-hydrogen) atoms. The normalized spacial score (nSPS) is 10.5. The van der Waals surface area contributed by atoms with E-state index in [1.54, 1.807) is 11.8 Å². The zero-order valence-corrected chi connectivity index (χ0v) is 12.3. The summed E-state index contributed by atoms with van der Waals surface area (Å²) in [6, 6.07) is 4.08. The van der Waals surface area contributed by atoms with Gasteiger partial charge in [-0.3, -0.25) is 10.2 Å². The predicted octanol–water partition coefficient (Wildman–Crippen LogP) is 2.05. The predicted molar refractivity (Wildman–Crippen MR) is 77.0 cm³/mol. The van der Waals surface area contributed by atoms with Crippen LogP contribution in [0.2, 0.25) is 0 Å². The van der Waals surface area contributed by atoms with E-state index in [9.17, 15) is 4.79 Å². The van der Waals surface area contributed by atoms with E-state index in [1.165, 1.54) is 16.9 Å². The van der Waals surface area contributed by atoms with Crippen molar-refractivity contribution in [1.82, 2.24) is 15.4 Å². The Morgan fingerprint density at radius 3 is 2.89 bits per heavy atom. The Hall–Kier alpha value is -1.44. The van der Waals surface area contributed by atoms with Crippen molar-refractivity contribution in [2.24, 2.45) is 5.84 Å². The van der Waals surface area contributed by atoms with E-state index in [1.807, 2.05) is 31.4 Å². The van der Waals surface area contributed by atoms with Gasteiger partial charge in [0.15, 0.2) is 5.01 Å². The Labute approximate surface area is 119 Å². The molecule has 5 nitrogen and oxygen atoms in total. The van der Waals surface area contributed by atoms with Crippen LogP contribution in [0.5, 0.6) is 0 Å². The molecule has 2 aromatic rings. The number of aryl methyl sites for hydroxylation is 2. The number of amides is 1. The highest BCUT2D eigenvalue weighted by molar-refractivity contribution is 7.98. The van der Waals surface area contributed by atoms with Crippen LogP contribution < -0.4 is 11.3 Å². The van der Waals surface area contributed by atoms with Gasteiger partial charge in [0.05, 0.1) is 10.7 Å². The highest BCUT2D eigenvalue weighted by Crippen LogP contribution is 2.23. The number of pyridine rings is 1. The fourth-order valence-electron chi connectivity index (χ4n) is 1.57. The summed E-state index contributed by atoms with van der Waals surface area (Å²) in [5.74, 6) is 5.39. The number of nitrogen functional groups attached to an aromatic ring is 1. The molecule has 0 spiro atoms. The van der Waals surface area contributed by atoms with E-state index in [0.717, 1.165) is 16.4 Å². The van der Waals surface area contributed by atoms with Crippen LogP contribution in [0.1, 0.15) is 26.8 Å². The molecular weight excluding hydrogens is 280 g/mol. The minimum Gasteiger partial charge on any atom is -0.288 e. The molecule has 0 aliphatic carbocycles. The zero-order valence-electron chi connectivity index (χ0n) is 10.6. The van der Waals surface area contributed by atoms with Crippen LogP contribution >= 0.6 is 23.1 Å². The second-order valence-corrected chi connectivity index (χ2v) is 5.88. The number of carbonyl (C=O) groups is 1. The molecule has 2 rings (SSSR count). The second-order valence-electron chi connectivity index (χ2n) is 4.03. The Morgan fingerprint density at radius 2 is 2.21 bits per heavy atom. The second kappa shape index (κ2) is 6.14. The van der Waals surface area contributed by atoms with Crippen LogP contribution in [0.25, 0.3) is 0 Å². The van der Waals surface area contributed by atoms with Gasteiger partial charge in [-0.1, -0.05) is 11.8 Å². The highest BCUT2D eigenvalue weighted by Gasteiger charge is 2.10. The number of aromatic nitrogens is 2. The van der Waals surface area contributed by atoms with Crippen LogP contribution in [0, 0.1) is 13.8 Å². The van der Waals surface area contributed by atoms with Crippen LogP contribution in [-0.4, -0.2) is 15.9 Å². The maximum absolute atomic E-state index is 11.3. The van der Waals surface area contributed by atoms with Crippen molar-refractivity contribution >= 4 is 29.0 Å². The van der Waals surface area contributed by atoms with E-state index < -0.39 is 0 Å². The number of thioether (sulfide) groups is 1. The molecule has 7 heteroatoms. The minimum atomic E-state index is -0.356. The third-order valence-corrected chi connectivity index (χ3v) is 4.15. The molecule has 0 saturated heterocycles. The molecule has 1 amide bonds. The molecule has 0 aliphatic rings. The monoisotopic (exact) mass is 294 g/mol. The van der Waals surface area contributed by atoms with Gasteiger partial charge in [0.2, 0.25) is 0 Å². The van der Waals surface area contributed by atoms with E-state index in [-0.39, 0.29) is 5.91 Å². The van der Waals surface area contributed by atoms with Gasteiger partial charge >= 0.3 is 0 Å². The smallest absolute Gasteiger partial charge is 0.288 e. The Balaban J connectivity index is 2.02. The first-order valence-corrected chi connectivity index (χ1v) is 7.48. The molecule has 3 N–H and O–H groups in total. The van der Waals surface area contributed by atoms with Crippen molar-refractivity contribution in [3.63, 3.8) is 0 Å². The van der Waals surface area contributed by atoms with Gasteiger partial charge < -0.3 is 0 Å². The van der Waals surface area contributed by atoms with Gasteiger partial charge in [0.25, 0.3) is 5.91 Å². The molecule has 100 valence electrons. The summed E-state index contributed by atoms with van der Waals surface area (Å²) in [5.41, 5.74) is 5.12. The van der Waals surface area contributed by atoms with E-state index in [2.05, 4.69) is 15.4 Å². The molecule has 0 atom stereocenters. The topological polar surface area (TPSA) is 80.9 Å². The Morgan fingerprint density at radius 1 is 1.42 bits per heavy atom. The molecule has 0 saturated carbocycles. The van der Waals surface area contributed by atoms with Crippen LogP contribution in [0.15, 0.2) is 22.5 Å². The molecular formula is C12H14N4OS2. The number of thiazole rings is 1. The molecule has 2 aromatic heterocycles. The zero-order chi connectivity index (χ0) is 13.8. The lowest BCUT2D eigenvalue weighted by Gasteiger charge is -2.02. The fourth-order valence-corrected chi connectivity index (χ4v) is 3.31. The molecule has 0 fully saturated rings. The van der Waals surface area contributed by atoms with Crippen molar-refractivity contribution in [3.05, 3.63) is 39.5 Å². The van der Waals surface area contributed by atoms with E-state index in [0.29, 0.717) is 10.8 Å². The Bertz CT molecular complexity index is 577. The van der Waals surface area contributed by atoms with Crippen molar-refractivity contribution in [1.29, 1.82) is 0 Å². The summed E-state index contributed by atoms with van der Waals surface area (Å²) in [5, 5.41) is 3.21. The Kier molecular flexibility index (Phi) is 4.52. The minimum absolute atomic E-state index is 0.356. The molecule has 2 heterocycles. The molecule has 0 aliphatic heterocycles. The van der Waals surface area contributed by atoms with Crippen molar-refractivity contribution in [2.75, 3.05) is 0 Å². The maximum Gasteiger partial charge on any atom is 0.294 e. The standard InChI is InChI=1S/C12H14N4OS2/c1-7-3-8(2)14-10(4-7)18-5-9-6-19-12(15-9)11(17)16-13/h3-4,6H,5,13H2,1-2H3,(H,16,17). The maximum atomic E-state index is 11.3. The van der Waals surface area contributed by atoms with Gasteiger partial charge in [-0.15, -0.1) is 11.3 Å². The van der Waals surface area contributed by atoms with Crippen LogP contribution in [0.4, 0.5) is 0 Å². The van der Waals surface area contributed by atoms with Crippen LogP contribution in [0.3, 0.4) is 0 Å². The van der Waals surface area contributed by atoms with E-state index in [4.69, 9.17) is 5.84 Å². The largest absolute Gasteiger partial charge is 0.294 e. The third-order valence-electron chi connectivity index (χ3n) is 2.32. The summed E-state index contributed by atoms with van der Waals surface area (Å²) in [6.07, 6.45) is 0. The summed E-state index contributed by atoms with van der Waals surface area (Å²) in [7, 11) is 0. The number of hydrazine groups is 1. The molecule has 0 aromatic carbocycles. The van der Waals surface area contributed by atoms with Gasteiger partial charge in [-0.2, -0.15) is 0 Å². The number of rotatable bonds is 4. The first kappa shape index (κ1) is 14.0. The summed E-state index contributed by atoms with van der Waals surface area (Å²) >= 11 is 2.89. The number of hydrogen-bond acceptors (Lipinski definition) is 6. The van der Waals surface area contributed by atoms with Gasteiger partial charge in [0.1, 0.15) is 0 Å². The van der Waals surface area contributed by atoms with Crippen LogP contribution in [-0.2, 0) is 5.75 Å². The quantitative estimate of drug-likeness (QED) is 0.390. The first-order chi connectivity index (χ1) is 9.08. The molecule has 0 bridgehead atoms. The van der Waals surface area contributed by atoms with Gasteiger partial charge in [-0.05, 0) is 31.5 Å². The number of nitrogens with zero attached hydrogens (tertiary/aromatic N) is 2. The first-order valence-electron chi connectivity index (χ1n) is 5.62. The number of nitrogens with two attached hydrogens (primary N) is 1. The van der Waals surface area contributed by atoms with Crippen molar-refractivity contribution < 1.29 is 4.79 Å². The lowest BCUT2D eigenvalue weighted by molar-refractivity contribution is 0.0953. The SMILES string of the molecule is Cc1cc(C)nc(SCc2csc(C(=O)NN)n2)c1.